The average Bonchev–Trinajstić information content (AvgIpc) is 3.07. The molecule has 1 aromatic heterocycles. The summed E-state index contributed by atoms with van der Waals surface area (Å²) < 4.78 is 12.2. The highest BCUT2D eigenvalue weighted by Crippen LogP contribution is 2.43. The highest BCUT2D eigenvalue weighted by molar-refractivity contribution is 9.11. The van der Waals surface area contributed by atoms with E-state index >= 15 is 0 Å². The van der Waals surface area contributed by atoms with Crippen LogP contribution >= 0.6 is 27.3 Å². The van der Waals surface area contributed by atoms with Crippen molar-refractivity contribution in [2.24, 2.45) is 5.92 Å². The maximum atomic E-state index is 11.5. The Morgan fingerprint density at radius 2 is 2.12 bits per heavy atom. The summed E-state index contributed by atoms with van der Waals surface area (Å²) in [5.41, 5.74) is 0.993. The Morgan fingerprint density at radius 3 is 2.73 bits per heavy atom. The maximum Gasteiger partial charge on any atom is 0.307 e. The molecule has 7 heteroatoms. The fraction of sp³-hybridized carbons (Fsp3) is 0.421. The van der Waals surface area contributed by atoms with Crippen LogP contribution in [-0.2, 0) is 4.79 Å². The molecule has 26 heavy (non-hydrogen) atoms. The van der Waals surface area contributed by atoms with Gasteiger partial charge in [0.25, 0.3) is 0 Å². The van der Waals surface area contributed by atoms with Crippen molar-refractivity contribution in [1.82, 2.24) is 4.90 Å². The second-order valence-electron chi connectivity index (χ2n) is 6.30. The van der Waals surface area contributed by atoms with E-state index in [9.17, 15) is 9.90 Å². The Balaban J connectivity index is 2.06. The van der Waals surface area contributed by atoms with Crippen molar-refractivity contribution in [3.05, 3.63) is 44.6 Å². The summed E-state index contributed by atoms with van der Waals surface area (Å²) in [6, 6.07) is 9.90. The van der Waals surface area contributed by atoms with Gasteiger partial charge in [-0.15, -0.1) is 11.3 Å². The first-order valence-corrected chi connectivity index (χ1v) is 10.1. The molecule has 1 saturated heterocycles. The number of nitrogens with zero attached hydrogens (tertiary/aromatic N) is 1. The van der Waals surface area contributed by atoms with Crippen molar-refractivity contribution in [1.29, 1.82) is 0 Å². The van der Waals surface area contributed by atoms with E-state index in [2.05, 4.69) is 26.9 Å². The van der Waals surface area contributed by atoms with Gasteiger partial charge in [0.05, 0.1) is 30.0 Å². The van der Waals surface area contributed by atoms with Crippen molar-refractivity contribution in [3.8, 4) is 11.5 Å². The van der Waals surface area contributed by atoms with E-state index in [1.54, 1.807) is 25.6 Å². The maximum absolute atomic E-state index is 11.5. The number of hydrogen-bond donors (Lipinski definition) is 1. The summed E-state index contributed by atoms with van der Waals surface area (Å²) in [7, 11) is 3.26. The van der Waals surface area contributed by atoms with Crippen molar-refractivity contribution in [2.75, 3.05) is 27.3 Å². The van der Waals surface area contributed by atoms with Gasteiger partial charge in [0, 0.05) is 17.0 Å². The van der Waals surface area contributed by atoms with Gasteiger partial charge >= 0.3 is 5.97 Å². The van der Waals surface area contributed by atoms with Gasteiger partial charge in [-0.05, 0) is 53.5 Å². The Hall–Kier alpha value is -1.57. The SMILES string of the molecule is COc1cccc(C(c2ccc(Br)s2)N2CCCC(C(=O)O)C2)c1OC. The van der Waals surface area contributed by atoms with Crippen molar-refractivity contribution in [2.45, 2.75) is 18.9 Å². The van der Waals surface area contributed by atoms with Gasteiger partial charge in [-0.2, -0.15) is 0 Å². The Morgan fingerprint density at radius 1 is 1.31 bits per heavy atom. The Labute approximate surface area is 165 Å². The first-order valence-electron chi connectivity index (χ1n) is 8.48. The predicted octanol–water partition coefficient (Wildman–Crippen LogP) is 4.41. The second-order valence-corrected chi connectivity index (χ2v) is 8.79. The monoisotopic (exact) mass is 439 g/mol. The molecule has 5 nitrogen and oxygen atoms in total. The molecule has 0 saturated carbocycles. The summed E-state index contributed by atoms with van der Waals surface area (Å²) in [4.78, 5) is 14.9. The van der Waals surface area contributed by atoms with Crippen molar-refractivity contribution in [3.63, 3.8) is 0 Å². The second kappa shape index (κ2) is 8.41. The minimum atomic E-state index is -0.724. The smallest absolute Gasteiger partial charge is 0.307 e. The lowest BCUT2D eigenvalue weighted by Crippen LogP contribution is -2.41. The van der Waals surface area contributed by atoms with Crippen LogP contribution < -0.4 is 9.47 Å². The molecule has 0 bridgehead atoms. The quantitative estimate of drug-likeness (QED) is 0.721. The Bertz CT molecular complexity index is 779. The number of piperidine rings is 1. The minimum absolute atomic E-state index is 0.0708. The highest BCUT2D eigenvalue weighted by Gasteiger charge is 2.33. The number of ether oxygens (including phenoxy) is 2. The lowest BCUT2D eigenvalue weighted by molar-refractivity contribution is -0.143. The number of hydrogen-bond acceptors (Lipinski definition) is 5. The fourth-order valence-electron chi connectivity index (χ4n) is 3.57. The summed E-state index contributed by atoms with van der Waals surface area (Å²) in [5.74, 6) is 0.309. The first kappa shape index (κ1) is 19.2. The molecule has 2 unspecified atom stereocenters. The van der Waals surface area contributed by atoms with E-state index < -0.39 is 5.97 Å². The lowest BCUT2D eigenvalue weighted by Gasteiger charge is -2.37. The number of carbonyl (C=O) groups is 1. The zero-order valence-corrected chi connectivity index (χ0v) is 17.2. The standard InChI is InChI=1S/C19H22BrNO4S/c1-24-14-7-3-6-13(18(14)25-2)17(15-8-9-16(20)26-15)21-10-4-5-12(11-21)19(22)23/h3,6-9,12,17H,4-5,10-11H2,1-2H3,(H,22,23). The van der Waals surface area contributed by atoms with Gasteiger partial charge in [0.15, 0.2) is 11.5 Å². The number of likely N-dealkylation sites (tertiary alicyclic amines) is 1. The van der Waals surface area contributed by atoms with Crippen molar-refractivity contribution < 1.29 is 19.4 Å². The van der Waals surface area contributed by atoms with Gasteiger partial charge in [-0.1, -0.05) is 12.1 Å². The zero-order chi connectivity index (χ0) is 18.7. The van der Waals surface area contributed by atoms with Gasteiger partial charge in [0.1, 0.15) is 0 Å². The van der Waals surface area contributed by atoms with Crippen LogP contribution in [0.1, 0.15) is 29.3 Å². The number of para-hydroxylation sites is 1. The van der Waals surface area contributed by atoms with Gasteiger partial charge in [-0.25, -0.2) is 0 Å². The molecule has 0 spiro atoms. The van der Waals surface area contributed by atoms with Crippen LogP contribution in [0.5, 0.6) is 11.5 Å². The topological polar surface area (TPSA) is 59.0 Å². The number of methoxy groups -OCH3 is 2. The number of aliphatic carboxylic acids is 1. The van der Waals surface area contributed by atoms with Crippen LogP contribution in [0, 0.1) is 5.92 Å². The van der Waals surface area contributed by atoms with Crippen LogP contribution in [0.25, 0.3) is 0 Å². The van der Waals surface area contributed by atoms with Crippen LogP contribution in [-0.4, -0.2) is 43.3 Å². The number of benzene rings is 1. The molecule has 2 aromatic rings. The molecule has 1 N–H and O–H groups in total. The van der Waals surface area contributed by atoms with Crippen molar-refractivity contribution >= 4 is 33.2 Å². The van der Waals surface area contributed by atoms with E-state index in [0.717, 1.165) is 33.6 Å². The number of carboxylic acids is 1. The van der Waals surface area contributed by atoms with Gasteiger partial charge in [0.2, 0.25) is 0 Å². The molecule has 3 rings (SSSR count). The molecule has 0 amide bonds. The molecular formula is C19H22BrNO4S. The van der Waals surface area contributed by atoms with Crippen LogP contribution in [0.3, 0.4) is 0 Å². The number of rotatable bonds is 6. The van der Waals surface area contributed by atoms with Crippen LogP contribution in [0.4, 0.5) is 0 Å². The van der Waals surface area contributed by atoms with E-state index in [0.29, 0.717) is 18.0 Å². The van der Waals surface area contributed by atoms with Gasteiger partial charge in [-0.3, -0.25) is 9.69 Å². The average molecular weight is 440 g/mol. The third kappa shape index (κ3) is 3.89. The predicted molar refractivity (Wildman–Crippen MR) is 105 cm³/mol. The molecule has 0 radical (unpaired) electrons. The normalized spacial score (nSPS) is 19.1. The van der Waals surface area contributed by atoms with E-state index in [4.69, 9.17) is 9.47 Å². The molecular weight excluding hydrogens is 418 g/mol. The zero-order valence-electron chi connectivity index (χ0n) is 14.8. The third-order valence-electron chi connectivity index (χ3n) is 4.76. The lowest BCUT2D eigenvalue weighted by atomic mass is 9.93. The Kier molecular flexibility index (Phi) is 6.21. The highest BCUT2D eigenvalue weighted by atomic mass is 79.9. The summed E-state index contributed by atoms with van der Waals surface area (Å²) in [6.07, 6.45) is 1.59. The molecule has 1 aliphatic rings. The first-order chi connectivity index (χ1) is 12.5. The summed E-state index contributed by atoms with van der Waals surface area (Å²) >= 11 is 5.20. The van der Waals surface area contributed by atoms with Crippen LogP contribution in [0.2, 0.25) is 0 Å². The number of halogens is 1. The third-order valence-corrected chi connectivity index (χ3v) is 6.43. The summed E-state index contributed by atoms with van der Waals surface area (Å²) in [5, 5.41) is 9.49. The number of carboxylic acid groups (broad SMARTS) is 1. The molecule has 2 atom stereocenters. The molecule has 1 aliphatic heterocycles. The largest absolute Gasteiger partial charge is 0.493 e. The molecule has 0 aliphatic carbocycles. The van der Waals surface area contributed by atoms with E-state index in [1.165, 1.54) is 0 Å². The fourth-order valence-corrected chi connectivity index (χ4v) is 5.15. The minimum Gasteiger partial charge on any atom is -0.493 e. The molecule has 2 heterocycles. The van der Waals surface area contributed by atoms with E-state index in [1.807, 2.05) is 24.3 Å². The molecule has 140 valence electrons. The van der Waals surface area contributed by atoms with Gasteiger partial charge < -0.3 is 14.6 Å². The van der Waals surface area contributed by atoms with Crippen LogP contribution in [0.15, 0.2) is 34.1 Å². The van der Waals surface area contributed by atoms with E-state index in [-0.39, 0.29) is 12.0 Å². The summed E-state index contributed by atoms with van der Waals surface area (Å²) in [6.45, 7) is 1.38. The molecule has 1 fully saturated rings. The molecule has 1 aromatic carbocycles. The number of thiophene rings is 1.